The van der Waals surface area contributed by atoms with Crippen LogP contribution in [0.15, 0.2) is 22.7 Å². The molecule has 1 N–H and O–H groups in total. The Morgan fingerprint density at radius 1 is 1.00 bits per heavy atom. The zero-order chi connectivity index (χ0) is 16.5. The maximum absolute atomic E-state index is 13.4. The van der Waals surface area contributed by atoms with E-state index in [1.165, 1.54) is 0 Å². The minimum Gasteiger partial charge on any atom is -0.314 e. The molecule has 1 aromatic carbocycles. The smallest absolute Gasteiger partial charge is 0.314 e. The fourth-order valence-corrected chi connectivity index (χ4v) is 2.99. The lowest BCUT2D eigenvalue weighted by Crippen LogP contribution is -2.49. The molecule has 10 heteroatoms. The van der Waals surface area contributed by atoms with Gasteiger partial charge in [0.1, 0.15) is 6.04 Å². The minimum atomic E-state index is -4.70. The van der Waals surface area contributed by atoms with Crippen molar-refractivity contribution in [3.05, 3.63) is 33.8 Å². The van der Waals surface area contributed by atoms with E-state index >= 15 is 0 Å². The maximum Gasteiger partial charge on any atom is 0.416 e. The van der Waals surface area contributed by atoms with E-state index < -0.39 is 29.5 Å². The third-order valence-corrected chi connectivity index (χ3v) is 3.85. The summed E-state index contributed by atoms with van der Waals surface area (Å²) in [5, 5.41) is 2.92. The van der Waals surface area contributed by atoms with Gasteiger partial charge in [-0.1, -0.05) is 15.9 Å². The van der Waals surface area contributed by atoms with E-state index in [-0.39, 0.29) is 30.0 Å². The SMILES string of the molecule is Cl.FC(F)(F)c1cc(Br)cc([C@@H](N2CCNCC2)C(F)(F)F)c1. The normalized spacial score (nSPS) is 18.4. The monoisotopic (exact) mass is 426 g/mol. The molecule has 1 saturated heterocycles. The first kappa shape index (κ1) is 20.5. The molecule has 1 fully saturated rings. The summed E-state index contributed by atoms with van der Waals surface area (Å²) in [4.78, 5) is 1.15. The van der Waals surface area contributed by atoms with Gasteiger partial charge in [-0.05, 0) is 23.8 Å². The van der Waals surface area contributed by atoms with Crippen LogP contribution in [0.5, 0.6) is 0 Å². The van der Waals surface area contributed by atoms with E-state index in [1.54, 1.807) is 0 Å². The van der Waals surface area contributed by atoms with Gasteiger partial charge in [0.25, 0.3) is 0 Å². The average molecular weight is 428 g/mol. The van der Waals surface area contributed by atoms with Crippen LogP contribution in [-0.4, -0.2) is 37.3 Å². The first-order chi connectivity index (χ1) is 10.1. The van der Waals surface area contributed by atoms with Crippen LogP contribution in [-0.2, 0) is 6.18 Å². The van der Waals surface area contributed by atoms with E-state index in [4.69, 9.17) is 0 Å². The van der Waals surface area contributed by atoms with Crippen LogP contribution < -0.4 is 5.32 Å². The number of hydrogen-bond donors (Lipinski definition) is 1. The Morgan fingerprint density at radius 3 is 2.04 bits per heavy atom. The molecule has 0 unspecified atom stereocenters. The Kier molecular flexibility index (Phi) is 6.77. The number of hydrogen-bond acceptors (Lipinski definition) is 2. The van der Waals surface area contributed by atoms with Crippen molar-refractivity contribution in [2.75, 3.05) is 26.2 Å². The zero-order valence-electron chi connectivity index (χ0n) is 11.6. The summed E-state index contributed by atoms with van der Waals surface area (Å²) in [7, 11) is 0. The molecule has 0 aromatic heterocycles. The van der Waals surface area contributed by atoms with Crippen molar-refractivity contribution >= 4 is 28.3 Å². The van der Waals surface area contributed by atoms with Gasteiger partial charge in [-0.15, -0.1) is 12.4 Å². The van der Waals surface area contributed by atoms with E-state index in [1.807, 2.05) is 0 Å². The van der Waals surface area contributed by atoms with Gasteiger partial charge in [0.2, 0.25) is 0 Å². The zero-order valence-corrected chi connectivity index (χ0v) is 14.0. The molecule has 132 valence electrons. The Morgan fingerprint density at radius 2 is 1.57 bits per heavy atom. The summed E-state index contributed by atoms with van der Waals surface area (Å²) >= 11 is 2.87. The number of nitrogens with one attached hydrogen (secondary N) is 1. The Bertz CT molecular complexity index is 528. The number of halogens is 8. The number of alkyl halides is 6. The van der Waals surface area contributed by atoms with Crippen molar-refractivity contribution in [3.63, 3.8) is 0 Å². The third kappa shape index (κ3) is 5.23. The fraction of sp³-hybridized carbons (Fsp3) is 0.538. The molecule has 0 saturated carbocycles. The lowest BCUT2D eigenvalue weighted by molar-refractivity contribution is -0.188. The number of rotatable bonds is 2. The molecule has 0 radical (unpaired) electrons. The molecule has 1 heterocycles. The minimum absolute atomic E-state index is 0. The highest BCUT2D eigenvalue weighted by molar-refractivity contribution is 9.10. The largest absolute Gasteiger partial charge is 0.416 e. The van der Waals surface area contributed by atoms with Gasteiger partial charge in [-0.2, -0.15) is 26.3 Å². The molecule has 0 bridgehead atoms. The first-order valence-electron chi connectivity index (χ1n) is 6.48. The molecule has 1 aromatic rings. The molecular weight excluding hydrogens is 414 g/mol. The second-order valence-corrected chi connectivity index (χ2v) is 5.92. The second-order valence-electron chi connectivity index (χ2n) is 5.00. The summed E-state index contributed by atoms with van der Waals surface area (Å²) < 4.78 is 78.6. The standard InChI is InChI=1S/C13H13BrF6N2.ClH/c14-10-6-8(5-9(7-10)12(15,16)17)11(13(18,19)20)22-3-1-21-2-4-22;/h5-7,11,21H,1-4H2;1H/t11-;/m1./s1. The molecule has 1 aliphatic heterocycles. The topological polar surface area (TPSA) is 15.3 Å². The van der Waals surface area contributed by atoms with Gasteiger partial charge in [0.15, 0.2) is 0 Å². The summed E-state index contributed by atoms with van der Waals surface area (Å²) in [5.74, 6) is 0. The Labute approximate surface area is 143 Å². The van der Waals surface area contributed by atoms with Gasteiger partial charge >= 0.3 is 12.4 Å². The van der Waals surface area contributed by atoms with Crippen LogP contribution in [0.1, 0.15) is 17.2 Å². The van der Waals surface area contributed by atoms with Crippen molar-refractivity contribution in [2.24, 2.45) is 0 Å². The first-order valence-corrected chi connectivity index (χ1v) is 7.27. The van der Waals surface area contributed by atoms with Crippen molar-refractivity contribution in [3.8, 4) is 0 Å². The van der Waals surface area contributed by atoms with Gasteiger partial charge in [-0.3, -0.25) is 4.90 Å². The van der Waals surface area contributed by atoms with E-state index in [9.17, 15) is 26.3 Å². The van der Waals surface area contributed by atoms with Crippen LogP contribution in [0.2, 0.25) is 0 Å². The lowest BCUT2D eigenvalue weighted by atomic mass is 10.0. The van der Waals surface area contributed by atoms with E-state index in [2.05, 4.69) is 21.2 Å². The number of piperazine rings is 1. The second kappa shape index (κ2) is 7.58. The predicted octanol–water partition coefficient (Wildman–Crippen LogP) is 4.40. The van der Waals surface area contributed by atoms with E-state index in [0.717, 1.165) is 17.0 Å². The van der Waals surface area contributed by atoms with Crippen molar-refractivity contribution < 1.29 is 26.3 Å². The molecule has 0 aliphatic carbocycles. The van der Waals surface area contributed by atoms with Gasteiger partial charge in [0.05, 0.1) is 5.56 Å². The highest BCUT2D eigenvalue weighted by Crippen LogP contribution is 2.41. The molecule has 1 atom stereocenters. The average Bonchev–Trinajstić information content (AvgIpc) is 2.36. The highest BCUT2D eigenvalue weighted by atomic mass is 79.9. The summed E-state index contributed by atoms with van der Waals surface area (Å²) in [5.41, 5.74) is -1.50. The van der Waals surface area contributed by atoms with Crippen LogP contribution in [0, 0.1) is 0 Å². The molecule has 1 aliphatic rings. The Hall–Kier alpha value is -0.510. The van der Waals surface area contributed by atoms with Gasteiger partial charge in [0, 0.05) is 30.7 Å². The summed E-state index contributed by atoms with van der Waals surface area (Å²) in [6.07, 6.45) is -9.35. The summed E-state index contributed by atoms with van der Waals surface area (Å²) in [6.45, 7) is 0.982. The maximum atomic E-state index is 13.4. The van der Waals surface area contributed by atoms with Crippen LogP contribution in [0.3, 0.4) is 0 Å². The molecule has 2 nitrogen and oxygen atoms in total. The van der Waals surface area contributed by atoms with Crippen LogP contribution in [0.25, 0.3) is 0 Å². The summed E-state index contributed by atoms with van der Waals surface area (Å²) in [6, 6.07) is 0.392. The highest BCUT2D eigenvalue weighted by Gasteiger charge is 2.45. The van der Waals surface area contributed by atoms with E-state index in [0.29, 0.717) is 19.2 Å². The van der Waals surface area contributed by atoms with Crippen molar-refractivity contribution in [2.45, 2.75) is 18.4 Å². The molecule has 0 spiro atoms. The quantitative estimate of drug-likeness (QED) is 0.704. The van der Waals surface area contributed by atoms with Crippen molar-refractivity contribution in [1.82, 2.24) is 10.2 Å². The van der Waals surface area contributed by atoms with Crippen molar-refractivity contribution in [1.29, 1.82) is 0 Å². The fourth-order valence-electron chi connectivity index (χ4n) is 2.48. The molecule has 23 heavy (non-hydrogen) atoms. The third-order valence-electron chi connectivity index (χ3n) is 3.39. The van der Waals surface area contributed by atoms with Crippen LogP contribution in [0.4, 0.5) is 26.3 Å². The Balaban J connectivity index is 0.00000264. The molecule has 2 rings (SSSR count). The van der Waals surface area contributed by atoms with Crippen LogP contribution >= 0.6 is 28.3 Å². The number of benzene rings is 1. The van der Waals surface area contributed by atoms with Gasteiger partial charge in [-0.25, -0.2) is 0 Å². The molecule has 0 amide bonds. The molecular formula is C13H14BrClF6N2. The number of nitrogens with zero attached hydrogens (tertiary/aromatic N) is 1. The van der Waals surface area contributed by atoms with Gasteiger partial charge < -0.3 is 5.32 Å². The lowest BCUT2D eigenvalue weighted by Gasteiger charge is -2.36. The predicted molar refractivity (Wildman–Crippen MR) is 79.6 cm³/mol.